The average Bonchev–Trinajstić information content (AvgIpc) is 2.21. The van der Waals surface area contributed by atoms with Gasteiger partial charge in [0.05, 0.1) is 6.61 Å². The molecule has 3 heteroatoms. The number of rotatable bonds is 3. The van der Waals surface area contributed by atoms with Gasteiger partial charge in [0.15, 0.2) is 0 Å². The number of pyridine rings is 1. The molecule has 1 rings (SSSR count). The largest absolute Gasteiger partial charge is 0.478 e. The van der Waals surface area contributed by atoms with Crippen molar-refractivity contribution in [2.45, 2.75) is 13.3 Å². The molecule has 1 aromatic rings. The second-order valence-electron chi connectivity index (χ2n) is 2.56. The average molecular weight is 210 g/mol. The molecule has 2 nitrogen and oxygen atoms in total. The fraction of sp³-hybridized carbons (Fsp3) is 0.364. The lowest BCUT2D eigenvalue weighted by Crippen LogP contribution is -1.93. The summed E-state index contributed by atoms with van der Waals surface area (Å²) in [6.45, 7) is 2.56. The zero-order valence-corrected chi connectivity index (χ0v) is 8.84. The standard InChI is InChI=1S/C11H12ClNO/c1-2-14-11-7-6-10(9-13-11)5-3-4-8-12/h6-7,9H,2,4,8H2,1H3. The molecule has 0 amide bonds. The number of nitrogens with zero attached hydrogens (tertiary/aromatic N) is 1. The van der Waals surface area contributed by atoms with Crippen molar-refractivity contribution in [2.24, 2.45) is 0 Å². The summed E-state index contributed by atoms with van der Waals surface area (Å²) >= 11 is 5.50. The molecule has 0 atom stereocenters. The number of alkyl halides is 1. The molecule has 0 aliphatic rings. The van der Waals surface area contributed by atoms with Gasteiger partial charge in [-0.3, -0.25) is 0 Å². The zero-order valence-electron chi connectivity index (χ0n) is 8.09. The molecule has 0 fully saturated rings. The van der Waals surface area contributed by atoms with E-state index in [1.807, 2.05) is 19.1 Å². The van der Waals surface area contributed by atoms with E-state index in [1.165, 1.54) is 0 Å². The van der Waals surface area contributed by atoms with Gasteiger partial charge in [-0.15, -0.1) is 11.6 Å². The Bertz CT molecular complexity index is 323. The number of aromatic nitrogens is 1. The van der Waals surface area contributed by atoms with Crippen LogP contribution in [0.4, 0.5) is 0 Å². The van der Waals surface area contributed by atoms with Gasteiger partial charge in [0.2, 0.25) is 5.88 Å². The molecule has 0 N–H and O–H groups in total. The molecule has 0 unspecified atom stereocenters. The van der Waals surface area contributed by atoms with E-state index in [4.69, 9.17) is 16.3 Å². The first-order valence-electron chi connectivity index (χ1n) is 4.50. The Labute approximate surface area is 89.3 Å². The van der Waals surface area contributed by atoms with Crippen molar-refractivity contribution in [2.75, 3.05) is 12.5 Å². The van der Waals surface area contributed by atoms with Crippen molar-refractivity contribution in [3.8, 4) is 17.7 Å². The van der Waals surface area contributed by atoms with E-state index >= 15 is 0 Å². The third kappa shape index (κ3) is 3.68. The van der Waals surface area contributed by atoms with Crippen molar-refractivity contribution in [3.05, 3.63) is 23.9 Å². The number of halogens is 1. The maximum atomic E-state index is 5.50. The van der Waals surface area contributed by atoms with E-state index in [-0.39, 0.29) is 0 Å². The van der Waals surface area contributed by atoms with Gasteiger partial charge in [0.25, 0.3) is 0 Å². The quantitative estimate of drug-likeness (QED) is 0.564. The molecule has 14 heavy (non-hydrogen) atoms. The van der Waals surface area contributed by atoms with Crippen LogP contribution in [0.5, 0.6) is 5.88 Å². The van der Waals surface area contributed by atoms with Crippen molar-refractivity contribution in [1.82, 2.24) is 4.98 Å². The summed E-state index contributed by atoms with van der Waals surface area (Å²) in [6.07, 6.45) is 2.40. The van der Waals surface area contributed by atoms with Crippen molar-refractivity contribution >= 4 is 11.6 Å². The van der Waals surface area contributed by atoms with Gasteiger partial charge in [-0.05, 0) is 13.0 Å². The van der Waals surface area contributed by atoms with Gasteiger partial charge in [-0.1, -0.05) is 11.8 Å². The maximum Gasteiger partial charge on any atom is 0.213 e. The third-order valence-electron chi connectivity index (χ3n) is 1.48. The van der Waals surface area contributed by atoms with Crippen LogP contribution in [-0.4, -0.2) is 17.5 Å². The summed E-state index contributed by atoms with van der Waals surface area (Å²) in [5.41, 5.74) is 0.888. The molecule has 74 valence electrons. The first-order valence-corrected chi connectivity index (χ1v) is 5.04. The minimum Gasteiger partial charge on any atom is -0.478 e. The highest BCUT2D eigenvalue weighted by molar-refractivity contribution is 6.18. The molecule has 0 aromatic carbocycles. The fourth-order valence-corrected chi connectivity index (χ4v) is 0.994. The second-order valence-corrected chi connectivity index (χ2v) is 2.94. The first kappa shape index (κ1) is 10.9. The monoisotopic (exact) mass is 209 g/mol. The molecule has 0 radical (unpaired) electrons. The molecular weight excluding hydrogens is 198 g/mol. The van der Waals surface area contributed by atoms with E-state index in [1.54, 1.807) is 6.20 Å². The van der Waals surface area contributed by atoms with Crippen LogP contribution in [0.2, 0.25) is 0 Å². The summed E-state index contributed by atoms with van der Waals surface area (Å²) in [5, 5.41) is 0. The van der Waals surface area contributed by atoms with Gasteiger partial charge in [0, 0.05) is 30.1 Å². The van der Waals surface area contributed by atoms with E-state index < -0.39 is 0 Å². The number of ether oxygens (including phenoxy) is 1. The maximum absolute atomic E-state index is 5.50. The number of hydrogen-bond acceptors (Lipinski definition) is 2. The molecular formula is C11H12ClNO. The van der Waals surface area contributed by atoms with Crippen LogP contribution >= 0.6 is 11.6 Å². The summed E-state index contributed by atoms with van der Waals surface area (Å²) in [7, 11) is 0. The van der Waals surface area contributed by atoms with Crippen LogP contribution in [-0.2, 0) is 0 Å². The van der Waals surface area contributed by atoms with Crippen molar-refractivity contribution in [3.63, 3.8) is 0 Å². The van der Waals surface area contributed by atoms with Crippen LogP contribution in [0.3, 0.4) is 0 Å². The predicted molar refractivity (Wildman–Crippen MR) is 57.6 cm³/mol. The van der Waals surface area contributed by atoms with Crippen LogP contribution in [0.25, 0.3) is 0 Å². The summed E-state index contributed by atoms with van der Waals surface area (Å²) < 4.78 is 5.21. The highest BCUT2D eigenvalue weighted by atomic mass is 35.5. The fourth-order valence-electron chi connectivity index (χ4n) is 0.899. The topological polar surface area (TPSA) is 22.1 Å². The van der Waals surface area contributed by atoms with Crippen molar-refractivity contribution in [1.29, 1.82) is 0 Å². The van der Waals surface area contributed by atoms with Gasteiger partial charge >= 0.3 is 0 Å². The summed E-state index contributed by atoms with van der Waals surface area (Å²) in [4.78, 5) is 4.09. The lowest BCUT2D eigenvalue weighted by molar-refractivity contribution is 0.327. The first-order chi connectivity index (χ1) is 6.86. The van der Waals surface area contributed by atoms with Crippen LogP contribution in [0, 0.1) is 11.8 Å². The Hall–Kier alpha value is -1.20. The number of hydrogen-bond donors (Lipinski definition) is 0. The second kappa shape index (κ2) is 6.28. The minimum absolute atomic E-state index is 0.567. The molecule has 0 aliphatic carbocycles. The lowest BCUT2D eigenvalue weighted by Gasteiger charge is -1.99. The SMILES string of the molecule is CCOc1ccc(C#CCCCl)cn1. The predicted octanol–water partition coefficient (Wildman–Crippen LogP) is 2.46. The smallest absolute Gasteiger partial charge is 0.213 e. The highest BCUT2D eigenvalue weighted by Crippen LogP contribution is 2.06. The van der Waals surface area contributed by atoms with Crippen LogP contribution < -0.4 is 4.74 Å². The Kier molecular flexibility index (Phi) is 4.88. The van der Waals surface area contributed by atoms with E-state index in [2.05, 4.69) is 16.8 Å². The van der Waals surface area contributed by atoms with Crippen LogP contribution in [0.1, 0.15) is 18.9 Å². The summed E-state index contributed by atoms with van der Waals surface area (Å²) in [5.74, 6) is 7.10. The Morgan fingerprint density at radius 3 is 2.93 bits per heavy atom. The highest BCUT2D eigenvalue weighted by Gasteiger charge is 1.92. The zero-order chi connectivity index (χ0) is 10.2. The Balaban J connectivity index is 2.60. The van der Waals surface area contributed by atoms with Gasteiger partial charge in [-0.2, -0.15) is 0 Å². The molecule has 0 bridgehead atoms. The molecule has 1 heterocycles. The Morgan fingerprint density at radius 2 is 2.36 bits per heavy atom. The van der Waals surface area contributed by atoms with Gasteiger partial charge in [0.1, 0.15) is 0 Å². The van der Waals surface area contributed by atoms with Gasteiger partial charge < -0.3 is 4.74 Å². The van der Waals surface area contributed by atoms with Gasteiger partial charge in [-0.25, -0.2) is 4.98 Å². The van der Waals surface area contributed by atoms with E-state index in [0.29, 0.717) is 24.8 Å². The molecule has 0 spiro atoms. The van der Waals surface area contributed by atoms with Crippen LogP contribution in [0.15, 0.2) is 18.3 Å². The minimum atomic E-state index is 0.567. The molecule has 1 aromatic heterocycles. The molecule has 0 saturated carbocycles. The Morgan fingerprint density at radius 1 is 1.50 bits per heavy atom. The molecule has 0 saturated heterocycles. The lowest BCUT2D eigenvalue weighted by atomic mass is 10.3. The van der Waals surface area contributed by atoms with Crippen molar-refractivity contribution < 1.29 is 4.74 Å². The normalized spacial score (nSPS) is 9.00. The molecule has 0 aliphatic heterocycles. The third-order valence-corrected chi connectivity index (χ3v) is 1.67. The van der Waals surface area contributed by atoms with E-state index in [0.717, 1.165) is 5.56 Å². The summed E-state index contributed by atoms with van der Waals surface area (Å²) in [6, 6.07) is 3.70. The van der Waals surface area contributed by atoms with E-state index in [9.17, 15) is 0 Å².